The fourth-order valence-corrected chi connectivity index (χ4v) is 3.61. The minimum absolute atomic E-state index is 0.0490. The van der Waals surface area contributed by atoms with E-state index in [1.807, 2.05) is 37.5 Å². The molecule has 140 valence electrons. The highest BCUT2D eigenvalue weighted by atomic mass is 16.2. The number of nitrogens with zero attached hydrogens (tertiary/aromatic N) is 4. The van der Waals surface area contributed by atoms with E-state index in [0.717, 1.165) is 0 Å². The zero-order valence-electron chi connectivity index (χ0n) is 15.6. The van der Waals surface area contributed by atoms with Gasteiger partial charge in [-0.1, -0.05) is 0 Å². The van der Waals surface area contributed by atoms with Gasteiger partial charge in [-0.25, -0.2) is 4.79 Å². The first kappa shape index (κ1) is 19.0. The lowest BCUT2D eigenvalue weighted by Gasteiger charge is -2.49. The van der Waals surface area contributed by atoms with Gasteiger partial charge in [0.25, 0.3) is 0 Å². The predicted molar refractivity (Wildman–Crippen MR) is 94.1 cm³/mol. The molecule has 0 bridgehead atoms. The van der Waals surface area contributed by atoms with Crippen LogP contribution in [0.3, 0.4) is 0 Å². The minimum atomic E-state index is -0.372. The summed E-state index contributed by atoms with van der Waals surface area (Å²) in [6.07, 6.45) is 0. The topological polar surface area (TPSA) is 97.4 Å². The van der Waals surface area contributed by atoms with Crippen molar-refractivity contribution in [2.75, 3.05) is 39.8 Å². The minimum Gasteiger partial charge on any atom is -0.354 e. The Labute approximate surface area is 148 Å². The van der Waals surface area contributed by atoms with Crippen LogP contribution in [-0.2, 0) is 9.59 Å². The number of urea groups is 1. The Morgan fingerprint density at radius 1 is 1.28 bits per heavy atom. The summed E-state index contributed by atoms with van der Waals surface area (Å²) in [5, 5.41) is 5.63. The molecule has 2 aliphatic heterocycles. The lowest BCUT2D eigenvalue weighted by Crippen LogP contribution is -2.66. The van der Waals surface area contributed by atoms with E-state index in [1.54, 1.807) is 7.05 Å². The van der Waals surface area contributed by atoms with E-state index in [-0.39, 0.29) is 49.1 Å². The van der Waals surface area contributed by atoms with Crippen LogP contribution in [0.25, 0.3) is 0 Å². The molecule has 9 nitrogen and oxygen atoms in total. The number of amides is 4. The Morgan fingerprint density at radius 2 is 1.96 bits per heavy atom. The third-order valence-electron chi connectivity index (χ3n) is 4.41. The van der Waals surface area contributed by atoms with Gasteiger partial charge >= 0.3 is 6.03 Å². The lowest BCUT2D eigenvalue weighted by atomic mass is 9.96. The van der Waals surface area contributed by atoms with E-state index in [9.17, 15) is 14.4 Å². The molecule has 0 aliphatic carbocycles. The van der Waals surface area contributed by atoms with Crippen molar-refractivity contribution in [3.8, 4) is 0 Å². The first-order valence-corrected chi connectivity index (χ1v) is 8.53. The van der Waals surface area contributed by atoms with Crippen LogP contribution in [-0.4, -0.2) is 89.9 Å². The summed E-state index contributed by atoms with van der Waals surface area (Å²) in [6.45, 7) is 9.70. The highest BCUT2D eigenvalue weighted by Crippen LogP contribution is 2.24. The number of rotatable bonds is 4. The number of aliphatic imine (C=N–C) groups is 1. The van der Waals surface area contributed by atoms with Gasteiger partial charge < -0.3 is 20.4 Å². The molecule has 0 unspecified atom stereocenters. The second-order valence-electron chi connectivity index (χ2n) is 7.20. The molecule has 0 atom stereocenters. The monoisotopic (exact) mass is 352 g/mol. The predicted octanol–water partition coefficient (Wildman–Crippen LogP) is -0.555. The van der Waals surface area contributed by atoms with Crippen LogP contribution < -0.4 is 10.6 Å². The van der Waals surface area contributed by atoms with Crippen molar-refractivity contribution < 1.29 is 14.4 Å². The fourth-order valence-electron chi connectivity index (χ4n) is 3.61. The molecule has 2 N–H and O–H groups in total. The van der Waals surface area contributed by atoms with E-state index in [4.69, 9.17) is 0 Å². The number of piperazine rings is 1. The zero-order chi connectivity index (χ0) is 18.8. The Hall–Kier alpha value is -2.32. The summed E-state index contributed by atoms with van der Waals surface area (Å²) >= 11 is 0. The van der Waals surface area contributed by atoms with E-state index in [0.29, 0.717) is 19.0 Å². The smallest absolute Gasteiger partial charge is 0.324 e. The third-order valence-corrected chi connectivity index (χ3v) is 4.41. The van der Waals surface area contributed by atoms with Crippen molar-refractivity contribution in [3.63, 3.8) is 0 Å². The maximum absolute atomic E-state index is 12.5. The summed E-state index contributed by atoms with van der Waals surface area (Å²) in [5.41, 5.74) is -0.314. The molecule has 2 heterocycles. The Balaban J connectivity index is 1.96. The van der Waals surface area contributed by atoms with Crippen LogP contribution >= 0.6 is 0 Å². The van der Waals surface area contributed by atoms with E-state index < -0.39 is 0 Å². The van der Waals surface area contributed by atoms with Gasteiger partial charge in [0.05, 0.1) is 18.6 Å². The molecular formula is C16H28N6O3. The highest BCUT2D eigenvalue weighted by Gasteiger charge is 2.40. The number of nitrogens with one attached hydrogen (secondary N) is 2. The standard InChI is InChI=1S/C16H28N6O3/c1-11(2)22-13(24)9-20(10-16(22,3)4)14(17-5)18-6-7-21-12(23)8-19-15(21)25/h11H,6-10H2,1-5H3,(H,17,18)(H,19,25). The van der Waals surface area contributed by atoms with Crippen molar-refractivity contribution in [2.24, 2.45) is 4.99 Å². The summed E-state index contributed by atoms with van der Waals surface area (Å²) in [4.78, 5) is 44.9. The van der Waals surface area contributed by atoms with Crippen LogP contribution in [0.5, 0.6) is 0 Å². The third kappa shape index (κ3) is 4.02. The van der Waals surface area contributed by atoms with Crippen LogP contribution in [0, 0.1) is 0 Å². The van der Waals surface area contributed by atoms with Crippen molar-refractivity contribution in [1.82, 2.24) is 25.3 Å². The van der Waals surface area contributed by atoms with Gasteiger partial charge in [0.2, 0.25) is 11.8 Å². The molecule has 2 fully saturated rings. The average Bonchev–Trinajstić information content (AvgIpc) is 2.80. The average molecular weight is 352 g/mol. The van der Waals surface area contributed by atoms with Crippen molar-refractivity contribution in [1.29, 1.82) is 0 Å². The molecule has 0 spiro atoms. The Kier molecular flexibility index (Phi) is 5.54. The molecule has 4 amide bonds. The van der Waals surface area contributed by atoms with Crippen molar-refractivity contribution in [2.45, 2.75) is 39.3 Å². The number of imide groups is 1. The second kappa shape index (κ2) is 7.28. The van der Waals surface area contributed by atoms with Crippen molar-refractivity contribution in [3.05, 3.63) is 0 Å². The number of guanidine groups is 1. The largest absolute Gasteiger partial charge is 0.354 e. The van der Waals surface area contributed by atoms with Gasteiger partial charge in [0, 0.05) is 32.7 Å². The number of hydrogen-bond donors (Lipinski definition) is 2. The van der Waals surface area contributed by atoms with Gasteiger partial charge in [0.15, 0.2) is 5.96 Å². The van der Waals surface area contributed by atoms with Gasteiger partial charge in [-0.2, -0.15) is 0 Å². The van der Waals surface area contributed by atoms with E-state index in [2.05, 4.69) is 15.6 Å². The lowest BCUT2D eigenvalue weighted by molar-refractivity contribution is -0.145. The van der Waals surface area contributed by atoms with Gasteiger partial charge in [-0.15, -0.1) is 0 Å². The summed E-state index contributed by atoms with van der Waals surface area (Å²) in [7, 11) is 1.66. The molecule has 0 radical (unpaired) electrons. The molecule has 0 aromatic rings. The molecule has 0 aromatic carbocycles. The SMILES string of the molecule is CN=C(NCCN1C(=O)CNC1=O)N1CC(=O)N(C(C)C)C(C)(C)C1. The molecule has 25 heavy (non-hydrogen) atoms. The van der Waals surface area contributed by atoms with Crippen LogP contribution in [0.15, 0.2) is 4.99 Å². The number of carbonyl (C=O) groups is 3. The maximum Gasteiger partial charge on any atom is 0.324 e. The Bertz CT molecular complexity index is 570. The maximum atomic E-state index is 12.5. The van der Waals surface area contributed by atoms with Gasteiger partial charge in [-0.05, 0) is 27.7 Å². The first-order valence-electron chi connectivity index (χ1n) is 8.53. The molecule has 2 rings (SSSR count). The van der Waals surface area contributed by atoms with Crippen molar-refractivity contribution >= 4 is 23.8 Å². The molecule has 2 saturated heterocycles. The van der Waals surface area contributed by atoms with Crippen LogP contribution in [0.2, 0.25) is 0 Å². The summed E-state index contributed by atoms with van der Waals surface area (Å²) in [6, 6.07) is -0.233. The molecular weight excluding hydrogens is 324 g/mol. The zero-order valence-corrected chi connectivity index (χ0v) is 15.6. The first-order chi connectivity index (χ1) is 11.7. The van der Waals surface area contributed by atoms with Gasteiger partial charge in [-0.3, -0.25) is 19.5 Å². The van der Waals surface area contributed by atoms with Crippen LogP contribution in [0.1, 0.15) is 27.7 Å². The molecule has 0 saturated carbocycles. The van der Waals surface area contributed by atoms with Crippen LogP contribution in [0.4, 0.5) is 4.79 Å². The molecule has 9 heteroatoms. The second-order valence-corrected chi connectivity index (χ2v) is 7.20. The molecule has 0 aromatic heterocycles. The van der Waals surface area contributed by atoms with E-state index >= 15 is 0 Å². The highest BCUT2D eigenvalue weighted by molar-refractivity contribution is 6.02. The Morgan fingerprint density at radius 3 is 2.44 bits per heavy atom. The number of carbonyl (C=O) groups excluding carboxylic acids is 3. The quantitative estimate of drug-likeness (QED) is 0.402. The van der Waals surface area contributed by atoms with Gasteiger partial charge in [0.1, 0.15) is 0 Å². The molecule has 2 aliphatic rings. The normalized spacial score (nSPS) is 21.3. The fraction of sp³-hybridized carbons (Fsp3) is 0.750. The number of hydrogen-bond acceptors (Lipinski definition) is 4. The summed E-state index contributed by atoms with van der Waals surface area (Å²) in [5.74, 6) is 0.420. The summed E-state index contributed by atoms with van der Waals surface area (Å²) < 4.78 is 0. The van der Waals surface area contributed by atoms with E-state index in [1.165, 1.54) is 4.90 Å².